The van der Waals surface area contributed by atoms with E-state index in [1.807, 2.05) is 5.32 Å². The Labute approximate surface area is 203 Å². The molecule has 1 aliphatic heterocycles. The largest absolute Gasteiger partial charge is 0.507 e. The number of hydrogen-bond donors (Lipinski definition) is 3. The van der Waals surface area contributed by atoms with Gasteiger partial charge in [-0.1, -0.05) is 24.3 Å². The highest BCUT2D eigenvalue weighted by molar-refractivity contribution is 6.30. The van der Waals surface area contributed by atoms with Crippen LogP contribution in [0.5, 0.6) is 11.5 Å². The second-order valence-electron chi connectivity index (χ2n) is 9.32. The van der Waals surface area contributed by atoms with Crippen molar-refractivity contribution < 1.29 is 47.2 Å². The van der Waals surface area contributed by atoms with Crippen LogP contribution in [0.1, 0.15) is 62.7 Å². The van der Waals surface area contributed by atoms with Gasteiger partial charge in [-0.25, -0.2) is 0 Å². The van der Waals surface area contributed by atoms with Crippen LogP contribution in [-0.2, 0) is 27.1 Å². The van der Waals surface area contributed by atoms with Crippen LogP contribution >= 0.6 is 0 Å². The summed E-state index contributed by atoms with van der Waals surface area (Å²) in [5, 5.41) is 24.3. The van der Waals surface area contributed by atoms with E-state index in [1.54, 1.807) is 12.1 Å². The minimum atomic E-state index is -5.20. The number of phenolic OH excluding ortho intramolecular Hbond substituents is 2. The third-order valence-electron chi connectivity index (χ3n) is 7.33. The first kappa shape index (κ1) is 24.3. The second-order valence-corrected chi connectivity index (χ2v) is 9.32. The smallest absolute Gasteiger partial charge is 0.471 e. The van der Waals surface area contributed by atoms with E-state index in [-0.39, 0.29) is 53.9 Å². The highest BCUT2D eigenvalue weighted by Crippen LogP contribution is 2.50. The number of hydrogen-bond acceptors (Lipinski definition) is 7. The van der Waals surface area contributed by atoms with E-state index < -0.39 is 58.5 Å². The minimum Gasteiger partial charge on any atom is -0.507 e. The Balaban J connectivity index is 1.67. The summed E-state index contributed by atoms with van der Waals surface area (Å²) in [7, 11) is 0. The first-order valence-electron chi connectivity index (χ1n) is 11.4. The lowest BCUT2D eigenvalue weighted by atomic mass is 9.69. The van der Waals surface area contributed by atoms with E-state index in [2.05, 4.69) is 0 Å². The number of benzene rings is 2. The zero-order valence-electron chi connectivity index (χ0n) is 19.1. The molecule has 0 radical (unpaired) electrons. The zero-order valence-corrected chi connectivity index (χ0v) is 19.1. The van der Waals surface area contributed by atoms with Crippen LogP contribution in [0, 0.1) is 0 Å². The van der Waals surface area contributed by atoms with Gasteiger partial charge < -0.3 is 25.0 Å². The van der Waals surface area contributed by atoms with Gasteiger partial charge in [0.25, 0.3) is 0 Å². The van der Waals surface area contributed by atoms with Crippen LogP contribution in [0.2, 0.25) is 0 Å². The van der Waals surface area contributed by atoms with E-state index in [1.165, 1.54) is 19.1 Å². The zero-order chi connectivity index (χ0) is 26.0. The normalized spacial score (nSPS) is 22.9. The molecule has 1 unspecified atom stereocenters. The lowest BCUT2D eigenvalue weighted by Gasteiger charge is -2.52. The molecule has 1 amide bonds. The lowest BCUT2D eigenvalue weighted by Crippen LogP contribution is -2.70. The molecule has 1 saturated heterocycles. The van der Waals surface area contributed by atoms with Gasteiger partial charge >= 0.3 is 12.1 Å². The Morgan fingerprint density at radius 3 is 2.03 bits per heavy atom. The predicted molar refractivity (Wildman–Crippen MR) is 117 cm³/mol. The fraction of sp³-hybridized carbons (Fsp3) is 0.400. The average molecular weight is 505 g/mol. The number of amides is 1. The third-order valence-corrected chi connectivity index (χ3v) is 7.33. The molecule has 3 N–H and O–H groups in total. The third kappa shape index (κ3) is 3.40. The average Bonchev–Trinajstić information content (AvgIpc) is 2.84. The number of carbonyl (C=O) groups is 3. The maximum absolute atomic E-state index is 13.3. The lowest BCUT2D eigenvalue weighted by molar-refractivity contribution is -0.298. The molecular weight excluding hydrogens is 483 g/mol. The van der Waals surface area contributed by atoms with Crippen molar-refractivity contribution in [3.05, 3.63) is 57.6 Å². The van der Waals surface area contributed by atoms with E-state index in [0.717, 1.165) is 0 Å². The van der Waals surface area contributed by atoms with Gasteiger partial charge in [-0.3, -0.25) is 14.4 Å². The maximum atomic E-state index is 13.3. The molecule has 1 fully saturated rings. The summed E-state index contributed by atoms with van der Waals surface area (Å²) < 4.78 is 51.4. The Hall–Kier alpha value is -3.44. The van der Waals surface area contributed by atoms with E-state index in [9.17, 15) is 37.8 Å². The van der Waals surface area contributed by atoms with Crippen LogP contribution in [0.4, 0.5) is 13.2 Å². The van der Waals surface area contributed by atoms with E-state index >= 15 is 0 Å². The van der Waals surface area contributed by atoms with Crippen LogP contribution < -0.4 is 5.32 Å². The Bertz CT molecular complexity index is 1310. The van der Waals surface area contributed by atoms with Crippen molar-refractivity contribution in [2.45, 2.75) is 50.1 Å². The number of phenols is 2. The summed E-state index contributed by atoms with van der Waals surface area (Å²) in [6.07, 6.45) is -5.46. The molecule has 2 aromatic carbocycles. The van der Waals surface area contributed by atoms with Crippen molar-refractivity contribution >= 4 is 17.5 Å². The first-order chi connectivity index (χ1) is 16.9. The Kier molecular flexibility index (Phi) is 5.42. The highest BCUT2D eigenvalue weighted by atomic mass is 19.4. The van der Waals surface area contributed by atoms with Gasteiger partial charge in [0.05, 0.1) is 29.9 Å². The van der Waals surface area contributed by atoms with E-state index in [4.69, 9.17) is 9.47 Å². The Morgan fingerprint density at radius 2 is 1.50 bits per heavy atom. The van der Waals surface area contributed by atoms with Crippen molar-refractivity contribution in [1.29, 1.82) is 0 Å². The molecule has 8 nitrogen and oxygen atoms in total. The molecule has 2 aliphatic carbocycles. The van der Waals surface area contributed by atoms with Crippen LogP contribution in [0.3, 0.4) is 0 Å². The second kappa shape index (κ2) is 8.04. The van der Waals surface area contributed by atoms with Gasteiger partial charge in [0.1, 0.15) is 11.5 Å². The molecule has 0 aromatic heterocycles. The predicted octanol–water partition coefficient (Wildman–Crippen LogP) is 2.93. The van der Waals surface area contributed by atoms with Gasteiger partial charge in [0.2, 0.25) is 0 Å². The monoisotopic (exact) mass is 505 g/mol. The van der Waals surface area contributed by atoms with Crippen LogP contribution in [0.25, 0.3) is 0 Å². The molecule has 36 heavy (non-hydrogen) atoms. The van der Waals surface area contributed by atoms with Gasteiger partial charge in [0.15, 0.2) is 17.4 Å². The van der Waals surface area contributed by atoms with Gasteiger partial charge in [-0.05, 0) is 26.2 Å². The summed E-state index contributed by atoms with van der Waals surface area (Å²) in [5.74, 6) is -6.42. The molecule has 1 atom stereocenters. The van der Waals surface area contributed by atoms with Crippen molar-refractivity contribution in [3.63, 3.8) is 0 Å². The molecule has 0 saturated carbocycles. The van der Waals surface area contributed by atoms with Gasteiger partial charge in [-0.15, -0.1) is 0 Å². The standard InChI is InChI=1S/C25H22F3NO7/c1-23(35-9-4-10-36-23)24(29-22(34)25(26,27)28)8-7-14-15(11-24)21(33)17-16(20(14)32)18(30)12-5-2-3-6-13(12)19(17)31/h2-3,5-6,32-33H,4,7-11H2,1H3,(H,29,34). The van der Waals surface area contributed by atoms with E-state index in [0.29, 0.717) is 6.42 Å². The minimum absolute atomic E-state index is 0.0306. The summed E-state index contributed by atoms with van der Waals surface area (Å²) in [6.45, 7) is 1.74. The fourth-order valence-electron chi connectivity index (χ4n) is 5.41. The SMILES string of the molecule is CC1(C2(NC(=O)C(F)(F)F)CCc3c(O)c4c(c(O)c3C2)C(=O)c2ccccc2C4=O)OCCCO1. The summed E-state index contributed by atoms with van der Waals surface area (Å²) in [4.78, 5) is 38.5. The van der Waals surface area contributed by atoms with Crippen molar-refractivity contribution in [1.82, 2.24) is 5.32 Å². The quantitative estimate of drug-likeness (QED) is 0.458. The molecule has 5 rings (SSSR count). The van der Waals surface area contributed by atoms with Gasteiger partial charge in [-0.2, -0.15) is 13.2 Å². The molecule has 190 valence electrons. The molecule has 11 heteroatoms. The number of fused-ring (bicyclic) bond motifs is 3. The number of halogens is 3. The number of nitrogens with one attached hydrogen (secondary N) is 1. The molecule has 0 spiro atoms. The highest BCUT2D eigenvalue weighted by Gasteiger charge is 2.57. The summed E-state index contributed by atoms with van der Waals surface area (Å²) >= 11 is 0. The number of ketones is 2. The van der Waals surface area contributed by atoms with Crippen molar-refractivity contribution in [2.24, 2.45) is 0 Å². The number of aromatic hydroxyl groups is 2. The fourth-order valence-corrected chi connectivity index (χ4v) is 5.41. The maximum Gasteiger partial charge on any atom is 0.471 e. The summed E-state index contributed by atoms with van der Waals surface area (Å²) in [6, 6.07) is 5.95. The van der Waals surface area contributed by atoms with Crippen molar-refractivity contribution in [3.8, 4) is 11.5 Å². The Morgan fingerprint density at radius 1 is 0.972 bits per heavy atom. The first-order valence-corrected chi connectivity index (χ1v) is 11.4. The number of alkyl halides is 3. The number of ether oxygens (including phenoxy) is 2. The van der Waals surface area contributed by atoms with Crippen molar-refractivity contribution in [2.75, 3.05) is 13.2 Å². The molecule has 0 bridgehead atoms. The van der Waals surface area contributed by atoms with Crippen LogP contribution in [0.15, 0.2) is 24.3 Å². The van der Waals surface area contributed by atoms with Gasteiger partial charge in [0, 0.05) is 28.7 Å². The van der Waals surface area contributed by atoms with Crippen LogP contribution in [-0.4, -0.2) is 58.4 Å². The number of carbonyl (C=O) groups excluding carboxylic acids is 3. The molecule has 2 aromatic rings. The topological polar surface area (TPSA) is 122 Å². The molecule has 1 heterocycles. The molecular formula is C25H22F3NO7. The molecule has 3 aliphatic rings. The summed E-state index contributed by atoms with van der Waals surface area (Å²) in [5.41, 5.74) is -2.42. The number of rotatable bonds is 2.